The van der Waals surface area contributed by atoms with Gasteiger partial charge in [-0.1, -0.05) is 97.1 Å². The van der Waals surface area contributed by atoms with Gasteiger partial charge in [0.15, 0.2) is 0 Å². The molecule has 0 spiro atoms. The van der Waals surface area contributed by atoms with Gasteiger partial charge < -0.3 is 0 Å². The van der Waals surface area contributed by atoms with Gasteiger partial charge in [0.1, 0.15) is 0 Å². The topological polar surface area (TPSA) is 12.9 Å². The maximum Gasteiger partial charge on any atom is 0.0711 e. The molecule has 7 aromatic rings. The highest BCUT2D eigenvalue weighted by molar-refractivity contribution is 6.15. The molecule has 0 fully saturated rings. The van der Waals surface area contributed by atoms with E-state index in [4.69, 9.17) is 4.98 Å². The summed E-state index contributed by atoms with van der Waals surface area (Å²) in [5.74, 6) is 0. The molecule has 0 aliphatic rings. The molecule has 0 aliphatic carbocycles. The first kappa shape index (κ1) is 19.9. The molecule has 0 saturated heterocycles. The normalized spacial score (nSPS) is 11.6. The van der Waals surface area contributed by atoms with Crippen molar-refractivity contribution in [2.75, 3.05) is 0 Å². The van der Waals surface area contributed by atoms with E-state index in [2.05, 4.69) is 128 Å². The van der Waals surface area contributed by atoms with Gasteiger partial charge in [-0.15, -0.1) is 0 Å². The van der Waals surface area contributed by atoms with Gasteiger partial charge in [-0.3, -0.25) is 4.98 Å². The molecule has 0 atom stereocenters. The van der Waals surface area contributed by atoms with Crippen molar-refractivity contribution in [3.05, 3.63) is 127 Å². The lowest BCUT2D eigenvalue weighted by Crippen LogP contribution is -1.93. The average molecular weight is 446 g/mol. The highest BCUT2D eigenvalue weighted by atomic mass is 14.7. The Balaban J connectivity index is 1.46. The van der Waals surface area contributed by atoms with Crippen LogP contribution in [-0.2, 0) is 0 Å². The Morgan fingerprint density at radius 2 is 0.886 bits per heavy atom. The second-order valence-electron chi connectivity index (χ2n) is 9.27. The Kier molecular flexibility index (Phi) is 4.43. The van der Waals surface area contributed by atoms with Crippen LogP contribution in [0.3, 0.4) is 0 Å². The van der Waals surface area contributed by atoms with Crippen molar-refractivity contribution in [3.8, 4) is 22.4 Å². The highest BCUT2D eigenvalue weighted by Gasteiger charge is 2.14. The van der Waals surface area contributed by atoms with Crippen molar-refractivity contribution in [1.82, 2.24) is 4.98 Å². The number of aryl methyl sites for hydroxylation is 1. The molecule has 7 rings (SSSR count). The SMILES string of the molecule is Cc1cc(-c2cc3ccccc3c3ccccc23)ncc1-c1cc2ccccc2c2ccccc12. The lowest BCUT2D eigenvalue weighted by molar-refractivity contribution is 1.29. The van der Waals surface area contributed by atoms with E-state index >= 15 is 0 Å². The van der Waals surface area contributed by atoms with Crippen LogP contribution in [0.5, 0.6) is 0 Å². The van der Waals surface area contributed by atoms with E-state index in [0.717, 1.165) is 5.69 Å². The predicted octanol–water partition coefficient (Wildman–Crippen LogP) is 9.34. The van der Waals surface area contributed by atoms with Crippen molar-refractivity contribution in [2.24, 2.45) is 0 Å². The maximum absolute atomic E-state index is 5.03. The summed E-state index contributed by atoms with van der Waals surface area (Å²) in [5, 5.41) is 10.1. The first-order valence-electron chi connectivity index (χ1n) is 12.1. The summed E-state index contributed by atoms with van der Waals surface area (Å²) in [4.78, 5) is 5.03. The summed E-state index contributed by atoms with van der Waals surface area (Å²) in [5.41, 5.74) is 5.84. The Hall–Kier alpha value is -4.49. The number of fused-ring (bicyclic) bond motifs is 6. The van der Waals surface area contributed by atoms with Gasteiger partial charge in [0.25, 0.3) is 0 Å². The fourth-order valence-corrected chi connectivity index (χ4v) is 5.53. The van der Waals surface area contributed by atoms with E-state index in [-0.39, 0.29) is 0 Å². The number of benzene rings is 6. The number of aromatic nitrogens is 1. The lowest BCUT2D eigenvalue weighted by atomic mass is 9.91. The second-order valence-corrected chi connectivity index (χ2v) is 9.27. The number of pyridine rings is 1. The van der Waals surface area contributed by atoms with E-state index in [9.17, 15) is 0 Å². The third-order valence-corrected chi connectivity index (χ3v) is 7.21. The third-order valence-electron chi connectivity index (χ3n) is 7.21. The Morgan fingerprint density at radius 3 is 1.46 bits per heavy atom. The molecule has 35 heavy (non-hydrogen) atoms. The quantitative estimate of drug-likeness (QED) is 0.242. The number of hydrogen-bond donors (Lipinski definition) is 0. The second kappa shape index (κ2) is 7.78. The van der Waals surface area contributed by atoms with E-state index in [1.54, 1.807) is 0 Å². The molecule has 0 unspecified atom stereocenters. The molecule has 0 N–H and O–H groups in total. The van der Waals surface area contributed by atoms with Crippen LogP contribution in [0.15, 0.2) is 121 Å². The summed E-state index contributed by atoms with van der Waals surface area (Å²) in [6.45, 7) is 2.20. The van der Waals surface area contributed by atoms with E-state index in [0.29, 0.717) is 0 Å². The summed E-state index contributed by atoms with van der Waals surface area (Å²) in [7, 11) is 0. The molecule has 0 aliphatic heterocycles. The van der Waals surface area contributed by atoms with Crippen LogP contribution >= 0.6 is 0 Å². The van der Waals surface area contributed by atoms with Gasteiger partial charge in [0.05, 0.1) is 5.69 Å². The van der Waals surface area contributed by atoms with Crippen LogP contribution in [0.2, 0.25) is 0 Å². The van der Waals surface area contributed by atoms with Gasteiger partial charge in [0, 0.05) is 17.3 Å². The summed E-state index contributed by atoms with van der Waals surface area (Å²) >= 11 is 0. The zero-order chi connectivity index (χ0) is 23.4. The van der Waals surface area contributed by atoms with Crippen molar-refractivity contribution < 1.29 is 0 Å². The van der Waals surface area contributed by atoms with Crippen LogP contribution in [-0.4, -0.2) is 4.98 Å². The first-order chi connectivity index (χ1) is 17.3. The fourth-order valence-electron chi connectivity index (χ4n) is 5.53. The number of hydrogen-bond acceptors (Lipinski definition) is 1. The number of nitrogens with zero attached hydrogens (tertiary/aromatic N) is 1. The number of rotatable bonds is 2. The minimum Gasteiger partial charge on any atom is -0.256 e. The van der Waals surface area contributed by atoms with Crippen LogP contribution in [0.25, 0.3) is 65.5 Å². The van der Waals surface area contributed by atoms with E-state index in [1.165, 1.54) is 65.3 Å². The van der Waals surface area contributed by atoms with Crippen LogP contribution < -0.4 is 0 Å². The first-order valence-corrected chi connectivity index (χ1v) is 12.1. The molecular formula is C34H23N. The molecule has 0 saturated carbocycles. The summed E-state index contributed by atoms with van der Waals surface area (Å²) < 4.78 is 0. The standard InChI is InChI=1S/C34H23N/c1-22-18-34(32-20-24-11-3-5-13-26(24)28-15-7-9-17-30(28)32)35-21-33(22)31-19-23-10-2-4-12-25(23)27-14-6-8-16-29(27)31/h2-21H,1H3. The van der Waals surface area contributed by atoms with Gasteiger partial charge >= 0.3 is 0 Å². The van der Waals surface area contributed by atoms with E-state index < -0.39 is 0 Å². The molecule has 6 aromatic carbocycles. The molecule has 0 bridgehead atoms. The zero-order valence-electron chi connectivity index (χ0n) is 19.5. The Bertz CT molecular complexity index is 1910. The van der Waals surface area contributed by atoms with Gasteiger partial charge in [-0.2, -0.15) is 0 Å². The molecule has 1 heterocycles. The van der Waals surface area contributed by atoms with Gasteiger partial charge in [-0.25, -0.2) is 0 Å². The van der Waals surface area contributed by atoms with Crippen LogP contribution in [0, 0.1) is 6.92 Å². The monoisotopic (exact) mass is 445 g/mol. The third kappa shape index (κ3) is 3.13. The molecule has 0 amide bonds. The van der Waals surface area contributed by atoms with Gasteiger partial charge in [0.2, 0.25) is 0 Å². The minimum atomic E-state index is 1.01. The van der Waals surface area contributed by atoms with Gasteiger partial charge in [-0.05, 0) is 79.3 Å². The molecule has 1 nitrogen and oxygen atoms in total. The Labute approximate surface area is 204 Å². The molecule has 164 valence electrons. The fraction of sp³-hybridized carbons (Fsp3) is 0.0294. The summed E-state index contributed by atoms with van der Waals surface area (Å²) in [6, 6.07) is 41.4. The van der Waals surface area contributed by atoms with Crippen molar-refractivity contribution in [2.45, 2.75) is 6.92 Å². The molecule has 0 radical (unpaired) electrons. The summed E-state index contributed by atoms with van der Waals surface area (Å²) in [6.07, 6.45) is 2.06. The largest absolute Gasteiger partial charge is 0.256 e. The van der Waals surface area contributed by atoms with Crippen LogP contribution in [0.4, 0.5) is 0 Å². The molecule has 1 heteroatoms. The maximum atomic E-state index is 5.03. The Morgan fingerprint density at radius 1 is 0.429 bits per heavy atom. The lowest BCUT2D eigenvalue weighted by Gasteiger charge is -2.15. The van der Waals surface area contributed by atoms with Crippen LogP contribution in [0.1, 0.15) is 5.56 Å². The minimum absolute atomic E-state index is 1.01. The predicted molar refractivity (Wildman–Crippen MR) is 150 cm³/mol. The zero-order valence-corrected chi connectivity index (χ0v) is 19.5. The molecule has 1 aromatic heterocycles. The van der Waals surface area contributed by atoms with Crippen molar-refractivity contribution in [1.29, 1.82) is 0 Å². The van der Waals surface area contributed by atoms with Crippen molar-refractivity contribution >= 4 is 43.1 Å². The molecular weight excluding hydrogens is 422 g/mol. The van der Waals surface area contributed by atoms with E-state index in [1.807, 2.05) is 0 Å². The highest BCUT2D eigenvalue weighted by Crippen LogP contribution is 2.38. The van der Waals surface area contributed by atoms with Crippen molar-refractivity contribution in [3.63, 3.8) is 0 Å². The smallest absolute Gasteiger partial charge is 0.0711 e. The average Bonchev–Trinajstić information content (AvgIpc) is 2.92.